The number of aliphatic hydroxyl groups excluding tert-OH is 3. The third kappa shape index (κ3) is 4.45. The number of hydrogen-bond donors (Lipinski definition) is 4. The summed E-state index contributed by atoms with van der Waals surface area (Å²) in [6, 6.07) is 4.89. The topological polar surface area (TPSA) is 135 Å². The van der Waals surface area contributed by atoms with Crippen LogP contribution in [0.4, 0.5) is 0 Å². The second-order valence-corrected chi connectivity index (χ2v) is 5.57. The molecule has 9 nitrogen and oxygen atoms in total. The largest absolute Gasteiger partial charge is 0.465 e. The van der Waals surface area contributed by atoms with Gasteiger partial charge in [-0.25, -0.2) is 4.79 Å². The van der Waals surface area contributed by atoms with Crippen molar-refractivity contribution in [1.29, 1.82) is 0 Å². The SMILES string of the molecule is COC(=O)c1ccc(O[C@@H]2O[C@H](CO)[C@H](O)[C@H](O)[C@@H]2NC(C)=O)cc1. The molecule has 0 saturated carbocycles. The van der Waals surface area contributed by atoms with E-state index in [1.807, 2.05) is 0 Å². The molecule has 1 heterocycles. The van der Waals surface area contributed by atoms with E-state index < -0.39 is 49.1 Å². The van der Waals surface area contributed by atoms with Crippen LogP contribution in [0.25, 0.3) is 0 Å². The molecule has 0 aliphatic carbocycles. The maximum Gasteiger partial charge on any atom is 0.337 e. The molecule has 2 rings (SSSR count). The van der Waals surface area contributed by atoms with Crippen LogP contribution >= 0.6 is 0 Å². The molecule has 1 saturated heterocycles. The monoisotopic (exact) mass is 355 g/mol. The third-order valence-corrected chi connectivity index (χ3v) is 3.78. The van der Waals surface area contributed by atoms with Crippen LogP contribution in [0.3, 0.4) is 0 Å². The fourth-order valence-corrected chi connectivity index (χ4v) is 2.49. The number of rotatable bonds is 5. The van der Waals surface area contributed by atoms with Crippen LogP contribution in [0, 0.1) is 0 Å². The standard InChI is InChI=1S/C16H21NO8/c1-8(19)17-12-14(21)13(20)11(7-18)25-16(12)24-10-5-3-9(4-6-10)15(22)23-2/h3-6,11-14,16,18,20-21H,7H2,1-2H3,(H,17,19)/t11-,12+,13+,14-,16-/m1/s1. The summed E-state index contributed by atoms with van der Waals surface area (Å²) < 4.78 is 15.7. The molecule has 1 aliphatic rings. The molecule has 1 aromatic rings. The van der Waals surface area contributed by atoms with Crippen LogP contribution in [-0.2, 0) is 14.3 Å². The lowest BCUT2D eigenvalue weighted by molar-refractivity contribution is -0.244. The van der Waals surface area contributed by atoms with Gasteiger partial charge in [-0.2, -0.15) is 0 Å². The van der Waals surface area contributed by atoms with E-state index in [4.69, 9.17) is 9.47 Å². The molecule has 0 aromatic heterocycles. The van der Waals surface area contributed by atoms with Crippen molar-refractivity contribution in [3.63, 3.8) is 0 Å². The molecule has 1 amide bonds. The van der Waals surface area contributed by atoms with E-state index in [2.05, 4.69) is 10.1 Å². The van der Waals surface area contributed by atoms with Crippen molar-refractivity contribution >= 4 is 11.9 Å². The van der Waals surface area contributed by atoms with Gasteiger partial charge in [0.15, 0.2) is 0 Å². The molecule has 4 N–H and O–H groups in total. The number of hydrogen-bond acceptors (Lipinski definition) is 8. The van der Waals surface area contributed by atoms with Gasteiger partial charge in [0.1, 0.15) is 30.1 Å². The van der Waals surface area contributed by atoms with Crippen molar-refractivity contribution in [3.05, 3.63) is 29.8 Å². The van der Waals surface area contributed by atoms with E-state index >= 15 is 0 Å². The minimum atomic E-state index is -1.39. The average molecular weight is 355 g/mol. The lowest BCUT2D eigenvalue weighted by atomic mass is 9.97. The number of esters is 1. The summed E-state index contributed by atoms with van der Waals surface area (Å²) in [6.07, 6.45) is -5.00. The summed E-state index contributed by atoms with van der Waals surface area (Å²) in [5.74, 6) is -0.652. The first kappa shape index (κ1) is 19.1. The van der Waals surface area contributed by atoms with E-state index in [9.17, 15) is 24.9 Å². The third-order valence-electron chi connectivity index (χ3n) is 3.78. The fourth-order valence-electron chi connectivity index (χ4n) is 2.49. The molecule has 0 spiro atoms. The van der Waals surface area contributed by atoms with Gasteiger partial charge in [-0.05, 0) is 24.3 Å². The van der Waals surface area contributed by atoms with Crippen molar-refractivity contribution in [3.8, 4) is 5.75 Å². The Morgan fingerprint density at radius 3 is 2.36 bits per heavy atom. The first-order valence-corrected chi connectivity index (χ1v) is 7.62. The molecule has 0 bridgehead atoms. The van der Waals surface area contributed by atoms with Gasteiger partial charge < -0.3 is 34.8 Å². The molecule has 138 valence electrons. The van der Waals surface area contributed by atoms with Gasteiger partial charge in [-0.15, -0.1) is 0 Å². The van der Waals surface area contributed by atoms with Crippen LogP contribution in [-0.4, -0.2) is 71.6 Å². The van der Waals surface area contributed by atoms with E-state index in [0.717, 1.165) is 0 Å². The Kier molecular flexibility index (Phi) is 6.32. The molecule has 1 fully saturated rings. The van der Waals surface area contributed by atoms with Crippen molar-refractivity contribution in [2.45, 2.75) is 37.6 Å². The van der Waals surface area contributed by atoms with Gasteiger partial charge >= 0.3 is 5.97 Å². The zero-order chi connectivity index (χ0) is 18.6. The van der Waals surface area contributed by atoms with Gasteiger partial charge in [0.2, 0.25) is 12.2 Å². The Balaban J connectivity index is 2.17. The molecule has 25 heavy (non-hydrogen) atoms. The molecular formula is C16H21NO8. The Hall–Kier alpha value is -2.20. The predicted molar refractivity (Wildman–Crippen MR) is 83.8 cm³/mol. The molecular weight excluding hydrogens is 334 g/mol. The van der Waals surface area contributed by atoms with Crippen LogP contribution in [0.2, 0.25) is 0 Å². The summed E-state index contributed by atoms with van der Waals surface area (Å²) in [7, 11) is 1.27. The van der Waals surface area contributed by atoms with E-state index in [1.54, 1.807) is 0 Å². The summed E-state index contributed by atoms with van der Waals surface area (Å²) in [4.78, 5) is 22.8. The molecule has 1 aromatic carbocycles. The Morgan fingerprint density at radius 1 is 1.20 bits per heavy atom. The number of methoxy groups -OCH3 is 1. The molecule has 0 radical (unpaired) electrons. The number of aliphatic hydroxyl groups is 3. The van der Waals surface area contributed by atoms with Gasteiger partial charge in [-0.1, -0.05) is 0 Å². The highest BCUT2D eigenvalue weighted by molar-refractivity contribution is 5.89. The first-order chi connectivity index (χ1) is 11.9. The second kappa shape index (κ2) is 8.26. The number of ether oxygens (including phenoxy) is 3. The van der Waals surface area contributed by atoms with E-state index in [-0.39, 0.29) is 0 Å². The van der Waals surface area contributed by atoms with Gasteiger partial charge in [-0.3, -0.25) is 4.79 Å². The number of benzene rings is 1. The molecule has 5 atom stereocenters. The average Bonchev–Trinajstić information content (AvgIpc) is 2.60. The van der Waals surface area contributed by atoms with Crippen LogP contribution in [0.1, 0.15) is 17.3 Å². The lowest BCUT2D eigenvalue weighted by Crippen LogP contribution is -2.65. The van der Waals surface area contributed by atoms with Crippen LogP contribution < -0.4 is 10.1 Å². The highest BCUT2D eigenvalue weighted by Gasteiger charge is 2.46. The number of carbonyl (C=O) groups excluding carboxylic acids is 2. The molecule has 9 heteroatoms. The van der Waals surface area contributed by atoms with Crippen molar-refractivity contribution < 1.29 is 39.1 Å². The Labute approximate surface area is 144 Å². The lowest BCUT2D eigenvalue weighted by Gasteiger charge is -2.42. The summed E-state index contributed by atoms with van der Waals surface area (Å²) in [5, 5.41) is 31.9. The van der Waals surface area contributed by atoms with Crippen molar-refractivity contribution in [2.24, 2.45) is 0 Å². The summed E-state index contributed by atoms with van der Waals surface area (Å²) in [6.45, 7) is 0.714. The highest BCUT2D eigenvalue weighted by Crippen LogP contribution is 2.24. The molecule has 0 unspecified atom stereocenters. The molecule has 1 aliphatic heterocycles. The summed E-state index contributed by atoms with van der Waals surface area (Å²) >= 11 is 0. The predicted octanol–water partition coefficient (Wildman–Crippen LogP) is -1.20. The van der Waals surface area contributed by atoms with Crippen molar-refractivity contribution in [1.82, 2.24) is 5.32 Å². The van der Waals surface area contributed by atoms with E-state index in [0.29, 0.717) is 11.3 Å². The fraction of sp³-hybridized carbons (Fsp3) is 0.500. The van der Waals surface area contributed by atoms with Gasteiger partial charge in [0.05, 0.1) is 19.3 Å². The smallest absolute Gasteiger partial charge is 0.337 e. The number of amides is 1. The van der Waals surface area contributed by atoms with Gasteiger partial charge in [0.25, 0.3) is 0 Å². The second-order valence-electron chi connectivity index (χ2n) is 5.57. The van der Waals surface area contributed by atoms with Crippen LogP contribution in [0.5, 0.6) is 5.75 Å². The number of carbonyl (C=O) groups is 2. The zero-order valence-corrected chi connectivity index (χ0v) is 13.8. The first-order valence-electron chi connectivity index (χ1n) is 7.62. The normalized spacial score (nSPS) is 28.9. The Morgan fingerprint density at radius 2 is 1.84 bits per heavy atom. The van der Waals surface area contributed by atoms with Crippen LogP contribution in [0.15, 0.2) is 24.3 Å². The minimum Gasteiger partial charge on any atom is -0.465 e. The van der Waals surface area contributed by atoms with Gasteiger partial charge in [0, 0.05) is 6.92 Å². The quantitative estimate of drug-likeness (QED) is 0.484. The maximum absolute atomic E-state index is 11.4. The Bertz CT molecular complexity index is 605. The van der Waals surface area contributed by atoms with Crippen molar-refractivity contribution in [2.75, 3.05) is 13.7 Å². The van der Waals surface area contributed by atoms with E-state index in [1.165, 1.54) is 38.3 Å². The minimum absolute atomic E-state index is 0.299. The maximum atomic E-state index is 11.4. The summed E-state index contributed by atoms with van der Waals surface area (Å²) in [5.41, 5.74) is 0.321. The number of nitrogens with one attached hydrogen (secondary N) is 1. The zero-order valence-electron chi connectivity index (χ0n) is 13.8. The highest BCUT2D eigenvalue weighted by atomic mass is 16.7.